The van der Waals surface area contributed by atoms with Gasteiger partial charge in [-0.3, -0.25) is 4.79 Å². The molecule has 1 heterocycles. The molecule has 0 saturated heterocycles. The highest BCUT2D eigenvalue weighted by molar-refractivity contribution is 9.10. The van der Waals surface area contributed by atoms with Gasteiger partial charge in [0.15, 0.2) is 0 Å². The van der Waals surface area contributed by atoms with Crippen LogP contribution < -0.4 is 0 Å². The number of amides is 1. The van der Waals surface area contributed by atoms with E-state index in [1.807, 2.05) is 6.07 Å². The summed E-state index contributed by atoms with van der Waals surface area (Å²) in [7, 11) is 1.54. The monoisotopic (exact) mass is 297 g/mol. The van der Waals surface area contributed by atoms with Gasteiger partial charge in [-0.05, 0) is 30.5 Å². The number of benzene rings is 1. The molecular weight excluding hydrogens is 286 g/mol. The van der Waals surface area contributed by atoms with Crippen LogP contribution in [0.15, 0.2) is 22.7 Å². The van der Waals surface area contributed by atoms with E-state index in [0.717, 1.165) is 10.0 Å². The highest BCUT2D eigenvalue weighted by Gasteiger charge is 2.32. The maximum atomic E-state index is 12.1. The second-order valence-corrected chi connectivity index (χ2v) is 4.93. The minimum Gasteiger partial charge on any atom is -0.480 e. The molecule has 0 aromatic heterocycles. The Balaban J connectivity index is 2.48. The average molecular weight is 298 g/mol. The summed E-state index contributed by atoms with van der Waals surface area (Å²) in [6.45, 7) is 0. The molecule has 1 aromatic carbocycles. The number of hydrogen-bond donors (Lipinski definition) is 1. The van der Waals surface area contributed by atoms with Gasteiger partial charge in [0.1, 0.15) is 6.04 Å². The van der Waals surface area contributed by atoms with E-state index < -0.39 is 12.0 Å². The topological polar surface area (TPSA) is 57.6 Å². The van der Waals surface area contributed by atoms with Crippen molar-refractivity contribution < 1.29 is 14.7 Å². The number of rotatable bonds is 1. The zero-order chi connectivity index (χ0) is 12.6. The predicted molar refractivity (Wildman–Crippen MR) is 66.0 cm³/mol. The molecule has 1 aliphatic heterocycles. The molecule has 1 unspecified atom stereocenters. The highest BCUT2D eigenvalue weighted by atomic mass is 79.9. The Morgan fingerprint density at radius 2 is 2.24 bits per heavy atom. The first-order valence-electron chi connectivity index (χ1n) is 5.29. The molecule has 0 saturated carbocycles. The number of carboxylic acids is 1. The van der Waals surface area contributed by atoms with Gasteiger partial charge < -0.3 is 10.0 Å². The molecular formula is C12H12BrNO3. The molecule has 4 nitrogen and oxygen atoms in total. The van der Waals surface area contributed by atoms with Crippen molar-refractivity contribution in [1.82, 2.24) is 4.90 Å². The maximum absolute atomic E-state index is 12.1. The Labute approximate surface area is 107 Å². The van der Waals surface area contributed by atoms with Crippen molar-refractivity contribution in [3.63, 3.8) is 0 Å². The summed E-state index contributed by atoms with van der Waals surface area (Å²) in [6, 6.07) is 4.65. The van der Waals surface area contributed by atoms with E-state index >= 15 is 0 Å². The number of halogens is 1. The van der Waals surface area contributed by atoms with E-state index in [1.54, 1.807) is 12.1 Å². The third kappa shape index (κ3) is 2.07. The third-order valence-corrected chi connectivity index (χ3v) is 3.83. The van der Waals surface area contributed by atoms with Crippen LogP contribution in [0.25, 0.3) is 0 Å². The van der Waals surface area contributed by atoms with E-state index in [0.29, 0.717) is 18.4 Å². The summed E-state index contributed by atoms with van der Waals surface area (Å²) in [5.74, 6) is -1.18. The summed E-state index contributed by atoms with van der Waals surface area (Å²) in [5.41, 5.74) is 1.48. The lowest BCUT2D eigenvalue weighted by molar-refractivity contribution is -0.142. The lowest BCUT2D eigenvalue weighted by Gasteiger charge is -2.22. The van der Waals surface area contributed by atoms with Gasteiger partial charge in [0.2, 0.25) is 0 Å². The molecule has 17 heavy (non-hydrogen) atoms. The average Bonchev–Trinajstić information content (AvgIpc) is 2.40. The molecule has 2 rings (SSSR count). The highest BCUT2D eigenvalue weighted by Crippen LogP contribution is 2.27. The van der Waals surface area contributed by atoms with Crippen LogP contribution in [-0.2, 0) is 11.2 Å². The Hall–Kier alpha value is -1.36. The van der Waals surface area contributed by atoms with Crippen molar-refractivity contribution in [2.75, 3.05) is 7.05 Å². The largest absolute Gasteiger partial charge is 0.480 e. The van der Waals surface area contributed by atoms with Crippen LogP contribution in [0.1, 0.15) is 22.3 Å². The minimum atomic E-state index is -0.954. The van der Waals surface area contributed by atoms with Crippen LogP contribution >= 0.6 is 15.9 Å². The number of aliphatic carboxylic acids is 1. The first kappa shape index (κ1) is 12.1. The Morgan fingerprint density at radius 1 is 1.53 bits per heavy atom. The van der Waals surface area contributed by atoms with Gasteiger partial charge in [0.25, 0.3) is 5.91 Å². The molecule has 0 spiro atoms. The Bertz CT molecular complexity index is 487. The summed E-state index contributed by atoms with van der Waals surface area (Å²) < 4.78 is 0.864. The molecule has 0 bridgehead atoms. The number of fused-ring (bicyclic) bond motifs is 1. The van der Waals surface area contributed by atoms with Gasteiger partial charge in [-0.15, -0.1) is 0 Å². The summed E-state index contributed by atoms with van der Waals surface area (Å²) in [5, 5.41) is 9.09. The van der Waals surface area contributed by atoms with E-state index in [4.69, 9.17) is 5.11 Å². The normalized spacial score (nSPS) is 19.8. The molecule has 90 valence electrons. The van der Waals surface area contributed by atoms with E-state index in [2.05, 4.69) is 15.9 Å². The van der Waals surface area contributed by atoms with Crippen molar-refractivity contribution in [3.05, 3.63) is 33.8 Å². The number of carbonyl (C=O) groups excluding carboxylic acids is 1. The summed E-state index contributed by atoms with van der Waals surface area (Å²) in [4.78, 5) is 24.5. The van der Waals surface area contributed by atoms with Gasteiger partial charge in [-0.1, -0.05) is 22.0 Å². The number of carbonyl (C=O) groups is 2. The van der Waals surface area contributed by atoms with E-state index in [1.165, 1.54) is 11.9 Å². The molecule has 1 aliphatic rings. The standard InChI is InChI=1S/C12H12BrNO3/c1-14-10(12(16)17)6-5-7-8(11(14)15)3-2-4-9(7)13/h2-4,10H,5-6H2,1H3,(H,16,17). The first-order valence-corrected chi connectivity index (χ1v) is 6.09. The van der Waals surface area contributed by atoms with Crippen molar-refractivity contribution >= 4 is 27.8 Å². The number of carboxylic acid groups (broad SMARTS) is 1. The van der Waals surface area contributed by atoms with Crippen LogP contribution in [0.5, 0.6) is 0 Å². The van der Waals surface area contributed by atoms with Crippen LogP contribution in [-0.4, -0.2) is 35.0 Å². The molecule has 1 N–H and O–H groups in total. The van der Waals surface area contributed by atoms with E-state index in [-0.39, 0.29) is 5.91 Å². The van der Waals surface area contributed by atoms with Gasteiger partial charge in [-0.25, -0.2) is 4.79 Å². The minimum absolute atomic E-state index is 0.230. The van der Waals surface area contributed by atoms with Crippen LogP contribution in [0, 0.1) is 0 Å². The fraction of sp³-hybridized carbons (Fsp3) is 0.333. The summed E-state index contributed by atoms with van der Waals surface area (Å²) in [6.07, 6.45) is 1.02. The predicted octanol–water partition coefficient (Wildman–Crippen LogP) is 1.92. The zero-order valence-electron chi connectivity index (χ0n) is 9.31. The third-order valence-electron chi connectivity index (χ3n) is 3.09. The maximum Gasteiger partial charge on any atom is 0.326 e. The van der Waals surface area contributed by atoms with Crippen molar-refractivity contribution in [1.29, 1.82) is 0 Å². The molecule has 1 aromatic rings. The molecule has 1 atom stereocenters. The fourth-order valence-electron chi connectivity index (χ4n) is 2.11. The van der Waals surface area contributed by atoms with Crippen molar-refractivity contribution in [2.24, 2.45) is 0 Å². The van der Waals surface area contributed by atoms with Gasteiger partial charge in [0, 0.05) is 17.1 Å². The number of hydrogen-bond acceptors (Lipinski definition) is 2. The van der Waals surface area contributed by atoms with Gasteiger partial charge in [-0.2, -0.15) is 0 Å². The van der Waals surface area contributed by atoms with Gasteiger partial charge in [0.05, 0.1) is 0 Å². The van der Waals surface area contributed by atoms with Crippen molar-refractivity contribution in [2.45, 2.75) is 18.9 Å². The lowest BCUT2D eigenvalue weighted by atomic mass is 10.0. The zero-order valence-corrected chi connectivity index (χ0v) is 10.9. The molecule has 0 radical (unpaired) electrons. The smallest absolute Gasteiger partial charge is 0.326 e. The molecule has 1 amide bonds. The van der Waals surface area contributed by atoms with Crippen LogP contribution in [0.2, 0.25) is 0 Å². The Morgan fingerprint density at radius 3 is 2.88 bits per heavy atom. The van der Waals surface area contributed by atoms with Crippen molar-refractivity contribution in [3.8, 4) is 0 Å². The molecule has 5 heteroatoms. The van der Waals surface area contributed by atoms with Crippen LogP contribution in [0.3, 0.4) is 0 Å². The lowest BCUT2D eigenvalue weighted by Crippen LogP contribution is -2.41. The SMILES string of the molecule is CN1C(=O)c2cccc(Br)c2CCC1C(=O)O. The second kappa shape index (κ2) is 4.49. The second-order valence-electron chi connectivity index (χ2n) is 4.07. The number of likely N-dealkylation sites (N-methyl/N-ethyl adjacent to an activating group) is 1. The fourth-order valence-corrected chi connectivity index (χ4v) is 2.67. The summed E-state index contributed by atoms with van der Waals surface area (Å²) >= 11 is 3.40. The van der Waals surface area contributed by atoms with Gasteiger partial charge >= 0.3 is 5.97 Å². The first-order chi connectivity index (χ1) is 8.02. The van der Waals surface area contributed by atoms with E-state index in [9.17, 15) is 9.59 Å². The Kier molecular flexibility index (Phi) is 3.19. The number of nitrogens with zero attached hydrogens (tertiary/aromatic N) is 1. The quantitative estimate of drug-likeness (QED) is 0.861. The molecule has 0 aliphatic carbocycles. The molecule has 0 fully saturated rings. The van der Waals surface area contributed by atoms with Crippen LogP contribution in [0.4, 0.5) is 0 Å².